The van der Waals surface area contributed by atoms with E-state index in [4.69, 9.17) is 0 Å². The molecule has 0 bridgehead atoms. The summed E-state index contributed by atoms with van der Waals surface area (Å²) in [7, 11) is -1.18. The van der Waals surface area contributed by atoms with Crippen molar-refractivity contribution >= 4 is 28.4 Å². The number of rotatable bonds is 6. The van der Waals surface area contributed by atoms with Crippen molar-refractivity contribution in [1.29, 1.82) is 0 Å². The molecule has 4 rings (SSSR count). The summed E-state index contributed by atoms with van der Waals surface area (Å²) in [4.78, 5) is 17.9. The fourth-order valence-corrected chi connectivity index (χ4v) is 5.21. The molecule has 0 aliphatic carbocycles. The number of nitrogens with one attached hydrogen (secondary N) is 1. The molecule has 33 heavy (non-hydrogen) atoms. The van der Waals surface area contributed by atoms with Crippen molar-refractivity contribution in [2.45, 2.75) is 37.4 Å². The second kappa shape index (κ2) is 9.41. The first kappa shape index (κ1) is 23.7. The van der Waals surface area contributed by atoms with Gasteiger partial charge in [0.05, 0.1) is 34.7 Å². The van der Waals surface area contributed by atoms with Crippen LogP contribution in [0.1, 0.15) is 25.1 Å². The standard InChI is InChI=1S/C21H27F3N6O2S/c1-13(2)16(12-31)26-19-18-15(5-10-33(18)32)27-20(28-19)30-8-6-29(7-9-30)17-4-3-14(11-25-17)21(22,23)24/h3-4,11,13,16,31H,5-10,12H2,1-2H3,(H,26,27,28). The second-order valence-corrected chi connectivity index (χ2v) is 10.0. The van der Waals surface area contributed by atoms with Crippen LogP contribution in [0.4, 0.5) is 30.8 Å². The van der Waals surface area contributed by atoms with Gasteiger partial charge in [-0.15, -0.1) is 0 Å². The summed E-state index contributed by atoms with van der Waals surface area (Å²) in [5, 5.41) is 13.0. The fourth-order valence-electron chi connectivity index (χ4n) is 3.90. The van der Waals surface area contributed by atoms with Gasteiger partial charge >= 0.3 is 6.18 Å². The van der Waals surface area contributed by atoms with Crippen LogP contribution in [-0.4, -0.2) is 68.8 Å². The predicted octanol–water partition coefficient (Wildman–Crippen LogP) is 2.31. The Bertz CT molecular complexity index is 1010. The van der Waals surface area contributed by atoms with Gasteiger partial charge in [-0.05, 0) is 18.1 Å². The number of fused-ring (bicyclic) bond motifs is 1. The quantitative estimate of drug-likeness (QED) is 0.645. The van der Waals surface area contributed by atoms with Crippen molar-refractivity contribution in [1.82, 2.24) is 15.0 Å². The molecule has 0 saturated carbocycles. The van der Waals surface area contributed by atoms with Gasteiger partial charge in [0.15, 0.2) is 0 Å². The number of aliphatic hydroxyl groups excluding tert-OH is 1. The molecule has 2 aliphatic heterocycles. The third-order valence-electron chi connectivity index (χ3n) is 5.96. The van der Waals surface area contributed by atoms with Crippen molar-refractivity contribution in [3.05, 3.63) is 29.6 Å². The van der Waals surface area contributed by atoms with E-state index in [1.807, 2.05) is 23.6 Å². The van der Waals surface area contributed by atoms with Crippen molar-refractivity contribution in [2.24, 2.45) is 5.92 Å². The zero-order valence-electron chi connectivity index (χ0n) is 18.5. The summed E-state index contributed by atoms with van der Waals surface area (Å²) < 4.78 is 50.9. The van der Waals surface area contributed by atoms with Crippen LogP contribution in [0.3, 0.4) is 0 Å². The Balaban J connectivity index is 1.50. The Morgan fingerprint density at radius 1 is 1.15 bits per heavy atom. The number of halogens is 3. The summed E-state index contributed by atoms with van der Waals surface area (Å²) >= 11 is 0. The molecule has 2 N–H and O–H groups in total. The third-order valence-corrected chi connectivity index (χ3v) is 7.42. The number of hydrogen-bond donors (Lipinski definition) is 2. The van der Waals surface area contributed by atoms with Gasteiger partial charge in [0.1, 0.15) is 16.5 Å². The summed E-state index contributed by atoms with van der Waals surface area (Å²) in [5.74, 6) is 2.18. The molecular weight excluding hydrogens is 457 g/mol. The fraction of sp³-hybridized carbons (Fsp3) is 0.571. The molecule has 2 aromatic rings. The molecule has 180 valence electrons. The van der Waals surface area contributed by atoms with Crippen LogP contribution in [0.5, 0.6) is 0 Å². The summed E-state index contributed by atoms with van der Waals surface area (Å²) in [6, 6.07) is 2.21. The van der Waals surface area contributed by atoms with E-state index in [2.05, 4.69) is 20.3 Å². The second-order valence-electron chi connectivity index (χ2n) is 8.50. The highest BCUT2D eigenvalue weighted by Gasteiger charge is 2.32. The van der Waals surface area contributed by atoms with Gasteiger partial charge in [-0.1, -0.05) is 13.8 Å². The maximum absolute atomic E-state index is 12.8. The van der Waals surface area contributed by atoms with Crippen LogP contribution in [0.2, 0.25) is 0 Å². The minimum atomic E-state index is -4.41. The first-order valence-corrected chi connectivity index (χ1v) is 12.2. The Morgan fingerprint density at radius 3 is 2.42 bits per heavy atom. The van der Waals surface area contributed by atoms with Gasteiger partial charge in [-0.25, -0.2) is 9.97 Å². The highest BCUT2D eigenvalue weighted by Crippen LogP contribution is 2.32. The number of aryl methyl sites for hydroxylation is 1. The Kier molecular flexibility index (Phi) is 6.76. The number of alkyl halides is 3. The molecule has 2 aromatic heterocycles. The zero-order valence-corrected chi connectivity index (χ0v) is 19.3. The number of anilines is 3. The van der Waals surface area contributed by atoms with Gasteiger partial charge in [0, 0.05) is 44.5 Å². The molecule has 1 fully saturated rings. The molecule has 0 spiro atoms. The molecule has 8 nitrogen and oxygen atoms in total. The van der Waals surface area contributed by atoms with Gasteiger partial charge < -0.3 is 20.2 Å². The van der Waals surface area contributed by atoms with E-state index in [1.165, 1.54) is 6.07 Å². The number of piperazine rings is 1. The van der Waals surface area contributed by atoms with E-state index in [9.17, 15) is 22.5 Å². The van der Waals surface area contributed by atoms with Gasteiger partial charge in [-0.3, -0.25) is 4.21 Å². The van der Waals surface area contributed by atoms with E-state index >= 15 is 0 Å². The minimum absolute atomic E-state index is 0.0722. The van der Waals surface area contributed by atoms with Crippen molar-refractivity contribution < 1.29 is 22.5 Å². The third kappa shape index (κ3) is 5.06. The minimum Gasteiger partial charge on any atom is -0.394 e. The van der Waals surface area contributed by atoms with E-state index < -0.39 is 22.5 Å². The predicted molar refractivity (Wildman–Crippen MR) is 120 cm³/mol. The molecule has 4 heterocycles. The van der Waals surface area contributed by atoms with Crippen LogP contribution in [-0.2, 0) is 23.4 Å². The first-order valence-electron chi connectivity index (χ1n) is 10.9. The van der Waals surface area contributed by atoms with Crippen molar-refractivity contribution in [2.75, 3.05) is 53.7 Å². The zero-order chi connectivity index (χ0) is 23.8. The van der Waals surface area contributed by atoms with Crippen LogP contribution in [0.15, 0.2) is 23.2 Å². The molecule has 0 radical (unpaired) electrons. The molecule has 2 atom stereocenters. The molecule has 0 amide bonds. The summed E-state index contributed by atoms with van der Waals surface area (Å²) in [6.45, 7) is 6.15. The molecule has 1 saturated heterocycles. The largest absolute Gasteiger partial charge is 0.417 e. The van der Waals surface area contributed by atoms with E-state index in [-0.39, 0.29) is 18.6 Å². The number of aliphatic hydroxyl groups is 1. The number of aromatic nitrogens is 3. The van der Waals surface area contributed by atoms with Gasteiger partial charge in [-0.2, -0.15) is 18.2 Å². The average molecular weight is 485 g/mol. The van der Waals surface area contributed by atoms with Gasteiger partial charge in [0.2, 0.25) is 5.95 Å². The number of hydrogen-bond acceptors (Lipinski definition) is 8. The van der Waals surface area contributed by atoms with E-state index in [0.717, 1.165) is 18.0 Å². The lowest BCUT2D eigenvalue weighted by Crippen LogP contribution is -2.47. The number of nitrogens with zero attached hydrogens (tertiary/aromatic N) is 5. The van der Waals surface area contributed by atoms with Crippen LogP contribution in [0, 0.1) is 5.92 Å². The van der Waals surface area contributed by atoms with E-state index in [0.29, 0.717) is 60.8 Å². The Hall–Kier alpha value is -2.47. The molecule has 2 unspecified atom stereocenters. The summed E-state index contributed by atoms with van der Waals surface area (Å²) in [5.41, 5.74) is -0.00969. The monoisotopic (exact) mass is 484 g/mol. The van der Waals surface area contributed by atoms with Crippen molar-refractivity contribution in [3.63, 3.8) is 0 Å². The lowest BCUT2D eigenvalue weighted by molar-refractivity contribution is -0.137. The molecule has 2 aliphatic rings. The van der Waals surface area contributed by atoms with Gasteiger partial charge in [0.25, 0.3) is 0 Å². The lowest BCUT2D eigenvalue weighted by atomic mass is 10.1. The van der Waals surface area contributed by atoms with Crippen molar-refractivity contribution in [3.8, 4) is 0 Å². The summed E-state index contributed by atoms with van der Waals surface area (Å²) in [6.07, 6.45) is -2.95. The highest BCUT2D eigenvalue weighted by molar-refractivity contribution is 7.85. The lowest BCUT2D eigenvalue weighted by Gasteiger charge is -2.35. The molecular formula is C21H27F3N6O2S. The SMILES string of the molecule is CC(C)C(CO)Nc1nc(N2CCN(c3ccc(C(F)(F)F)cn3)CC2)nc2c1S(=O)CC2. The van der Waals surface area contributed by atoms with Crippen LogP contribution < -0.4 is 15.1 Å². The average Bonchev–Trinajstić information content (AvgIpc) is 3.17. The normalized spacial score (nSPS) is 19.7. The smallest absolute Gasteiger partial charge is 0.394 e. The Labute approximate surface area is 192 Å². The maximum atomic E-state index is 12.8. The van der Waals surface area contributed by atoms with Crippen LogP contribution in [0.25, 0.3) is 0 Å². The molecule has 12 heteroatoms. The Morgan fingerprint density at radius 2 is 1.85 bits per heavy atom. The first-order chi connectivity index (χ1) is 15.7. The molecule has 0 aromatic carbocycles. The highest BCUT2D eigenvalue weighted by atomic mass is 32.2. The topological polar surface area (TPSA) is 94.5 Å². The number of pyridine rings is 1. The maximum Gasteiger partial charge on any atom is 0.417 e. The van der Waals surface area contributed by atoms with Crippen LogP contribution >= 0.6 is 0 Å². The van der Waals surface area contributed by atoms with E-state index in [1.54, 1.807) is 0 Å².